The van der Waals surface area contributed by atoms with Gasteiger partial charge in [-0.1, -0.05) is 72.1 Å². The largest absolute Gasteiger partial charge is 0.480 e. The maximum absolute atomic E-state index is 11.8. The average Bonchev–Trinajstić information content (AvgIpc) is 0.810. The molecule has 0 aliphatic carbocycles. The van der Waals surface area contributed by atoms with Crippen molar-refractivity contribution in [3.05, 3.63) is 56.2 Å². The molecule has 612 valence electrons. The van der Waals surface area contributed by atoms with Gasteiger partial charge in [-0.3, -0.25) is 14.4 Å². The minimum Gasteiger partial charge on any atom is -0.480 e. The van der Waals surface area contributed by atoms with Crippen LogP contribution in [0, 0.1) is 17.8 Å². The van der Waals surface area contributed by atoms with E-state index in [1.54, 1.807) is 14.2 Å². The summed E-state index contributed by atoms with van der Waals surface area (Å²) in [7, 11) is 11.2. The van der Waals surface area contributed by atoms with Crippen molar-refractivity contribution < 1.29 is 52.3 Å². The number of carbonyl (C=O) groups is 4. The number of hydrogen-bond donors (Lipinski definition) is 9. The van der Waals surface area contributed by atoms with Crippen molar-refractivity contribution >= 4 is 112 Å². The Labute approximate surface area is 669 Å². The molecule has 3 saturated heterocycles. The molecule has 0 aromatic carbocycles. The first-order valence-electron chi connectivity index (χ1n) is 37.3. The second kappa shape index (κ2) is 47.3. The van der Waals surface area contributed by atoms with E-state index in [-0.39, 0.29) is 56.5 Å². The van der Waals surface area contributed by atoms with Crippen LogP contribution in [-0.4, -0.2) is 198 Å². The number of methoxy groups -OCH3 is 6. The van der Waals surface area contributed by atoms with Crippen molar-refractivity contribution in [3.63, 3.8) is 0 Å². The Bertz CT molecular complexity index is 3960. The number of aromatic nitrogens is 12. The van der Waals surface area contributed by atoms with Crippen molar-refractivity contribution in [1.82, 2.24) is 70.4 Å². The minimum atomic E-state index is -0.491. The van der Waals surface area contributed by atoms with Crippen LogP contribution in [-0.2, 0) is 19.1 Å². The van der Waals surface area contributed by atoms with E-state index in [4.69, 9.17) is 56.1 Å². The minimum absolute atomic E-state index is 0.180. The van der Waals surface area contributed by atoms with Gasteiger partial charge >= 0.3 is 6.09 Å². The van der Waals surface area contributed by atoms with Crippen LogP contribution >= 0.6 is 35.3 Å². The highest BCUT2D eigenvalue weighted by Crippen LogP contribution is 2.44. The highest BCUT2D eigenvalue weighted by atomic mass is 32.2. The van der Waals surface area contributed by atoms with Gasteiger partial charge in [0.05, 0.1) is 42.7 Å². The smallest absolute Gasteiger partial charge is 0.407 e. The van der Waals surface area contributed by atoms with E-state index >= 15 is 0 Å². The third-order valence-electron chi connectivity index (χ3n) is 17.4. The van der Waals surface area contributed by atoms with Gasteiger partial charge in [-0.25, -0.2) is 34.7 Å². The normalized spacial score (nSPS) is 13.7. The second-order valence-corrected chi connectivity index (χ2v) is 29.4. The van der Waals surface area contributed by atoms with Gasteiger partial charge in [-0.2, -0.15) is 29.9 Å². The Morgan fingerprint density at radius 2 is 0.732 bits per heavy atom. The van der Waals surface area contributed by atoms with Crippen LogP contribution in [0.25, 0.3) is 0 Å². The fourth-order valence-electron chi connectivity index (χ4n) is 11.8. The number of hydrogen-bond acceptors (Lipinski definition) is 34. The van der Waals surface area contributed by atoms with Gasteiger partial charge in [0.15, 0.2) is 15.5 Å². The summed E-state index contributed by atoms with van der Waals surface area (Å²) in [6.45, 7) is 27.4. The fourth-order valence-corrected chi connectivity index (χ4v) is 14.5. The van der Waals surface area contributed by atoms with E-state index in [0.717, 1.165) is 176 Å². The Hall–Kier alpha value is -10.0. The maximum Gasteiger partial charge on any atom is 0.407 e. The Morgan fingerprint density at radius 3 is 0.982 bits per heavy atom. The second-order valence-electron chi connectivity index (χ2n) is 26.5. The Balaban J connectivity index is 0.000000260. The molecule has 0 saturated carbocycles. The van der Waals surface area contributed by atoms with E-state index in [1.165, 1.54) is 78.7 Å². The molecule has 0 bridgehead atoms. The molecule has 0 spiro atoms. The number of rotatable bonds is 35. The number of amides is 4. The van der Waals surface area contributed by atoms with E-state index in [1.807, 2.05) is 41.7 Å². The fraction of sp³-hybridized carbons (Fsp3) is 0.541. The average molecular weight is 1610 g/mol. The molecule has 112 heavy (non-hydrogen) atoms. The highest BCUT2D eigenvalue weighted by molar-refractivity contribution is 7.99. The van der Waals surface area contributed by atoms with Gasteiger partial charge in [0.25, 0.3) is 0 Å². The highest BCUT2D eigenvalue weighted by Gasteiger charge is 2.30. The summed E-state index contributed by atoms with van der Waals surface area (Å²) in [5, 5.41) is 14.6. The van der Waals surface area contributed by atoms with Crippen molar-refractivity contribution in [3.8, 4) is 35.3 Å². The number of ether oxygens (including phenoxy) is 7. The van der Waals surface area contributed by atoms with Crippen molar-refractivity contribution in [1.29, 1.82) is 0 Å². The number of nitrogens with one attached hydrogen (secondary N) is 5. The van der Waals surface area contributed by atoms with Crippen LogP contribution in [0.15, 0.2) is 86.3 Å². The Kier molecular flexibility index (Phi) is 38.4. The summed E-state index contributed by atoms with van der Waals surface area (Å²) in [4.78, 5) is 108. The lowest BCUT2D eigenvalue weighted by Crippen LogP contribution is -2.35. The third-order valence-corrected chi connectivity index (χ3v) is 20.1. The molecular formula is C74H112N24O11S3. The van der Waals surface area contributed by atoms with Crippen molar-refractivity contribution in [2.75, 3.05) is 156 Å². The number of nitrogens with two attached hydrogens (primary N) is 4. The SMILES string of the molecule is C=CC(=O)Nc1cc(N)nc(Sc2c(OC)nc(N3CCC(CCCCN)CC3)nc2OC)n1.C=CC(=O)Nc1cc(N)nc(Sc2c(OC)nc(N3CCC(CCCCNC(=O)OC(C)(C)C)CC3)nc2OC)n1.C=CC(=O)Nc1cc(N)nc(Sc2c(OC)nc(N3CCC(CCCCNC)CC3)nc2OC)n1.CC. The molecule has 0 unspecified atom stereocenters. The lowest BCUT2D eigenvalue weighted by atomic mass is 9.92. The van der Waals surface area contributed by atoms with Crippen molar-refractivity contribution in [2.45, 2.75) is 167 Å². The van der Waals surface area contributed by atoms with Crippen LogP contribution in [0.1, 0.15) is 131 Å². The van der Waals surface area contributed by atoms with Gasteiger partial charge in [0.2, 0.25) is 70.8 Å². The number of nitrogen functional groups attached to an aromatic ring is 3. The van der Waals surface area contributed by atoms with E-state index in [9.17, 15) is 19.2 Å². The number of piperidine rings is 3. The summed E-state index contributed by atoms with van der Waals surface area (Å²) < 4.78 is 38.7. The predicted octanol–water partition coefficient (Wildman–Crippen LogP) is 10.3. The first-order valence-corrected chi connectivity index (χ1v) is 39.7. The summed E-state index contributed by atoms with van der Waals surface area (Å²) in [5.41, 5.74) is 22.8. The van der Waals surface area contributed by atoms with E-state index in [0.29, 0.717) is 86.2 Å². The summed E-state index contributed by atoms with van der Waals surface area (Å²) >= 11 is 3.40. The van der Waals surface area contributed by atoms with Crippen LogP contribution in [0.4, 0.5) is 57.5 Å². The topological polar surface area (TPSA) is 462 Å². The first kappa shape index (κ1) is 90.8. The molecule has 3 aliphatic heterocycles. The zero-order valence-corrected chi connectivity index (χ0v) is 69.0. The molecule has 0 atom stereocenters. The number of unbranched alkanes of at least 4 members (excludes halogenated alkanes) is 3. The van der Waals surface area contributed by atoms with Gasteiger partial charge in [-0.15, -0.1) is 0 Å². The number of alkyl carbamates (subject to hydrolysis) is 1. The molecule has 3 fully saturated rings. The number of nitrogens with zero attached hydrogens (tertiary/aromatic N) is 15. The quantitative estimate of drug-likeness (QED) is 0.0101. The summed E-state index contributed by atoms with van der Waals surface area (Å²) in [6.07, 6.45) is 19.7. The molecule has 0 radical (unpaired) electrons. The summed E-state index contributed by atoms with van der Waals surface area (Å²) in [6, 6.07) is 4.37. The van der Waals surface area contributed by atoms with Crippen molar-refractivity contribution in [2.24, 2.45) is 23.5 Å². The van der Waals surface area contributed by atoms with Crippen LogP contribution in [0.5, 0.6) is 35.3 Å². The molecule has 6 aromatic heterocycles. The van der Waals surface area contributed by atoms with Crippen LogP contribution < -0.4 is 92.6 Å². The molecule has 38 heteroatoms. The third kappa shape index (κ3) is 29.6. The molecule has 4 amide bonds. The number of carbonyl (C=O) groups excluding carboxylic acids is 4. The first-order chi connectivity index (χ1) is 53.9. The van der Waals surface area contributed by atoms with E-state index < -0.39 is 23.3 Å². The summed E-state index contributed by atoms with van der Waals surface area (Å²) in [5.74, 6) is 5.85. The molecular weight excluding hydrogens is 1500 g/mol. The van der Waals surface area contributed by atoms with Crippen LogP contribution in [0.3, 0.4) is 0 Å². The monoisotopic (exact) mass is 1610 g/mol. The van der Waals surface area contributed by atoms with Gasteiger partial charge in [-0.05, 0) is 170 Å². The molecule has 9 rings (SSSR count). The zero-order chi connectivity index (χ0) is 81.7. The lowest BCUT2D eigenvalue weighted by Gasteiger charge is -2.32. The Morgan fingerprint density at radius 1 is 0.455 bits per heavy atom. The van der Waals surface area contributed by atoms with E-state index in [2.05, 4.69) is 121 Å². The molecule has 35 nitrogen and oxygen atoms in total. The van der Waals surface area contributed by atoms with Crippen LogP contribution in [0.2, 0.25) is 0 Å². The lowest BCUT2D eigenvalue weighted by molar-refractivity contribution is -0.112. The molecule has 9 heterocycles. The molecule has 3 aliphatic rings. The van der Waals surface area contributed by atoms with Gasteiger partial charge in [0.1, 0.15) is 55.2 Å². The number of anilines is 9. The van der Waals surface area contributed by atoms with Gasteiger partial charge in [0, 0.05) is 64.0 Å². The molecule has 6 aromatic rings. The zero-order valence-electron chi connectivity index (χ0n) is 66.5. The van der Waals surface area contributed by atoms with Gasteiger partial charge < -0.3 is 97.4 Å². The molecule has 13 N–H and O–H groups in total. The standard InChI is InChI=1S/C27H40N8O5S.C23H34N8O3S.C22H32N8O3S.C2H6/c1-7-20(36)31-19-16-18(28)30-25(32-19)41-21-22(38-5)33-24(34-23(21)39-6)35-14-11-17(12-15-35)10-8-9-13-29-26(37)40-27(2,3)4;1-5-18(32)27-17-14-16(24)26-23(28-17)35-19-20(33-3)29-22(30-21(19)34-4)31-12-9-15(10-13-31)8-6-7-11-25-2;1-4-17(31)26-16-13-15(24)25-22(27-16)34-18-19(32-2)28-21(29-20(18)33-3)30-11-8-14(9-12-30)7-5-6-10-23;1-2/h7,16-17H,1,8-15H2,2-6H3,(H,29,37)(H3,28,30,31,32,36);5,14-15,25H,1,6-13H2,2-4H3,(H3,24,26,27,28,32);4,13-14H,1,5-12,23H2,2-3H3,(H3,24,25,26,27,31);1-2H3. The predicted molar refractivity (Wildman–Crippen MR) is 439 cm³/mol. The maximum atomic E-state index is 11.8.